The predicted octanol–water partition coefficient (Wildman–Crippen LogP) is 3.27. The average molecular weight is 344 g/mol. The highest BCUT2D eigenvalue weighted by molar-refractivity contribution is 7.10. The van der Waals surface area contributed by atoms with Crippen molar-refractivity contribution in [3.05, 3.63) is 40.8 Å². The van der Waals surface area contributed by atoms with Crippen molar-refractivity contribution in [3.8, 4) is 0 Å². The average Bonchev–Trinajstić information content (AvgIpc) is 3.14. The summed E-state index contributed by atoms with van der Waals surface area (Å²) in [6, 6.07) is 6.03. The highest BCUT2D eigenvalue weighted by Crippen LogP contribution is 2.27. The molecular formula is C18H24N4OS. The monoisotopic (exact) mass is 344 g/mol. The van der Waals surface area contributed by atoms with Gasteiger partial charge in [-0.15, -0.1) is 11.3 Å². The molecule has 0 spiro atoms. The SMILES string of the molecule is CC(C)[C@H](NC(=O)[C@H]1CCCN(c2ncccn2)C1)c1cccs1. The number of rotatable bonds is 5. The summed E-state index contributed by atoms with van der Waals surface area (Å²) in [6.07, 6.45) is 5.40. The molecule has 1 aliphatic rings. The summed E-state index contributed by atoms with van der Waals surface area (Å²) in [7, 11) is 0. The number of carbonyl (C=O) groups excluding carboxylic acids is 1. The van der Waals surface area contributed by atoms with Gasteiger partial charge >= 0.3 is 0 Å². The first-order chi connectivity index (χ1) is 11.6. The Bertz CT molecular complexity index is 644. The molecule has 0 radical (unpaired) electrons. The summed E-state index contributed by atoms with van der Waals surface area (Å²) in [6.45, 7) is 5.89. The van der Waals surface area contributed by atoms with Gasteiger partial charge in [-0.3, -0.25) is 4.79 Å². The van der Waals surface area contributed by atoms with E-state index >= 15 is 0 Å². The van der Waals surface area contributed by atoms with Gasteiger partial charge in [-0.1, -0.05) is 19.9 Å². The largest absolute Gasteiger partial charge is 0.348 e. The summed E-state index contributed by atoms with van der Waals surface area (Å²) in [5, 5.41) is 5.33. The quantitative estimate of drug-likeness (QED) is 0.904. The molecule has 1 N–H and O–H groups in total. The van der Waals surface area contributed by atoms with Crippen LogP contribution >= 0.6 is 11.3 Å². The van der Waals surface area contributed by atoms with Crippen LogP contribution in [-0.4, -0.2) is 29.0 Å². The highest BCUT2D eigenvalue weighted by atomic mass is 32.1. The van der Waals surface area contributed by atoms with Gasteiger partial charge in [0.15, 0.2) is 0 Å². The van der Waals surface area contributed by atoms with E-state index in [9.17, 15) is 4.79 Å². The van der Waals surface area contributed by atoms with Crippen LogP contribution in [0.25, 0.3) is 0 Å². The molecule has 1 saturated heterocycles. The minimum Gasteiger partial charge on any atom is -0.348 e. The number of nitrogens with one attached hydrogen (secondary N) is 1. The molecule has 3 rings (SSSR count). The van der Waals surface area contributed by atoms with Gasteiger partial charge in [-0.25, -0.2) is 9.97 Å². The number of piperidine rings is 1. The fourth-order valence-corrected chi connectivity index (χ4v) is 4.08. The summed E-state index contributed by atoms with van der Waals surface area (Å²) in [5.41, 5.74) is 0. The van der Waals surface area contributed by atoms with E-state index in [-0.39, 0.29) is 17.9 Å². The molecule has 128 valence electrons. The standard InChI is InChI=1S/C18H24N4OS/c1-13(2)16(15-7-4-11-24-15)21-17(23)14-6-3-10-22(12-14)18-19-8-5-9-20-18/h4-5,7-9,11,13-14,16H,3,6,10,12H2,1-2H3,(H,21,23)/t14-,16-/m0/s1. The van der Waals surface area contributed by atoms with Crippen molar-refractivity contribution in [3.63, 3.8) is 0 Å². The molecule has 3 heterocycles. The maximum atomic E-state index is 12.8. The Labute approximate surface area is 147 Å². The molecular weight excluding hydrogens is 320 g/mol. The Morgan fingerprint density at radius 2 is 2.12 bits per heavy atom. The first-order valence-electron chi connectivity index (χ1n) is 8.51. The van der Waals surface area contributed by atoms with Crippen molar-refractivity contribution in [2.24, 2.45) is 11.8 Å². The fraction of sp³-hybridized carbons (Fsp3) is 0.500. The second-order valence-corrected chi connectivity index (χ2v) is 7.56. The Balaban J connectivity index is 1.66. The lowest BCUT2D eigenvalue weighted by atomic mass is 9.95. The first-order valence-corrected chi connectivity index (χ1v) is 9.39. The van der Waals surface area contributed by atoms with Crippen LogP contribution in [0.4, 0.5) is 5.95 Å². The highest BCUT2D eigenvalue weighted by Gasteiger charge is 2.29. The van der Waals surface area contributed by atoms with E-state index in [0.717, 1.165) is 19.4 Å². The van der Waals surface area contributed by atoms with Gasteiger partial charge in [0.2, 0.25) is 11.9 Å². The lowest BCUT2D eigenvalue weighted by Gasteiger charge is -2.33. The van der Waals surface area contributed by atoms with Crippen LogP contribution in [0.15, 0.2) is 36.0 Å². The van der Waals surface area contributed by atoms with Gasteiger partial charge < -0.3 is 10.2 Å². The van der Waals surface area contributed by atoms with E-state index in [4.69, 9.17) is 0 Å². The Morgan fingerprint density at radius 1 is 1.33 bits per heavy atom. The molecule has 0 saturated carbocycles. The van der Waals surface area contributed by atoms with Crippen LogP contribution < -0.4 is 10.2 Å². The van der Waals surface area contributed by atoms with Crippen molar-refractivity contribution >= 4 is 23.2 Å². The third-order valence-corrected chi connectivity index (χ3v) is 5.40. The van der Waals surface area contributed by atoms with Gasteiger partial charge in [0, 0.05) is 30.4 Å². The van der Waals surface area contributed by atoms with Crippen LogP contribution in [0, 0.1) is 11.8 Å². The number of hydrogen-bond acceptors (Lipinski definition) is 5. The Morgan fingerprint density at radius 3 is 2.79 bits per heavy atom. The van der Waals surface area contributed by atoms with Gasteiger partial charge in [-0.05, 0) is 36.3 Å². The Hall–Kier alpha value is -1.95. The van der Waals surface area contributed by atoms with Crippen LogP contribution in [0.3, 0.4) is 0 Å². The van der Waals surface area contributed by atoms with Crippen molar-refractivity contribution in [1.82, 2.24) is 15.3 Å². The number of thiophene rings is 1. The van der Waals surface area contributed by atoms with Crippen LogP contribution in [0.5, 0.6) is 0 Å². The van der Waals surface area contributed by atoms with Crippen molar-refractivity contribution < 1.29 is 4.79 Å². The summed E-state index contributed by atoms with van der Waals surface area (Å²) < 4.78 is 0. The molecule has 1 amide bonds. The van der Waals surface area contributed by atoms with Gasteiger partial charge in [0.1, 0.15) is 0 Å². The minimum absolute atomic E-state index is 0.0104. The molecule has 24 heavy (non-hydrogen) atoms. The molecule has 6 heteroatoms. The molecule has 5 nitrogen and oxygen atoms in total. The maximum Gasteiger partial charge on any atom is 0.225 e. The van der Waals surface area contributed by atoms with Crippen molar-refractivity contribution in [2.45, 2.75) is 32.7 Å². The minimum atomic E-state index is -0.0104. The van der Waals surface area contributed by atoms with E-state index in [1.807, 2.05) is 12.1 Å². The maximum absolute atomic E-state index is 12.8. The van der Waals surface area contributed by atoms with Crippen molar-refractivity contribution in [2.75, 3.05) is 18.0 Å². The van der Waals surface area contributed by atoms with Gasteiger partial charge in [0.25, 0.3) is 0 Å². The number of aromatic nitrogens is 2. The fourth-order valence-electron chi connectivity index (χ4n) is 3.13. The Kier molecular flexibility index (Phi) is 5.45. The summed E-state index contributed by atoms with van der Waals surface area (Å²) >= 11 is 1.70. The van der Waals surface area contributed by atoms with Crippen LogP contribution in [-0.2, 0) is 4.79 Å². The van der Waals surface area contributed by atoms with E-state index < -0.39 is 0 Å². The zero-order valence-electron chi connectivity index (χ0n) is 14.2. The van der Waals surface area contributed by atoms with E-state index in [0.29, 0.717) is 18.4 Å². The summed E-state index contributed by atoms with van der Waals surface area (Å²) in [5.74, 6) is 1.21. The number of carbonyl (C=O) groups is 1. The number of nitrogens with zero attached hydrogens (tertiary/aromatic N) is 3. The van der Waals surface area contributed by atoms with Crippen LogP contribution in [0.1, 0.15) is 37.6 Å². The number of hydrogen-bond donors (Lipinski definition) is 1. The third kappa shape index (κ3) is 3.93. The molecule has 2 atom stereocenters. The zero-order chi connectivity index (χ0) is 16.9. The van der Waals surface area contributed by atoms with Gasteiger partial charge in [-0.2, -0.15) is 0 Å². The lowest BCUT2D eigenvalue weighted by molar-refractivity contribution is -0.126. The predicted molar refractivity (Wildman–Crippen MR) is 97.0 cm³/mol. The van der Waals surface area contributed by atoms with Crippen molar-refractivity contribution in [1.29, 1.82) is 0 Å². The molecule has 0 unspecified atom stereocenters. The molecule has 2 aromatic heterocycles. The second-order valence-electron chi connectivity index (χ2n) is 6.58. The zero-order valence-corrected chi connectivity index (χ0v) is 15.0. The van der Waals surface area contributed by atoms with E-state index in [2.05, 4.69) is 45.5 Å². The van der Waals surface area contributed by atoms with Crippen LogP contribution in [0.2, 0.25) is 0 Å². The third-order valence-electron chi connectivity index (χ3n) is 4.44. The smallest absolute Gasteiger partial charge is 0.225 e. The normalized spacial score (nSPS) is 19.3. The first kappa shape index (κ1) is 16.9. The topological polar surface area (TPSA) is 58.1 Å². The number of amides is 1. The van der Waals surface area contributed by atoms with E-state index in [1.165, 1.54) is 4.88 Å². The molecule has 0 bridgehead atoms. The van der Waals surface area contributed by atoms with Gasteiger partial charge in [0.05, 0.1) is 12.0 Å². The molecule has 1 fully saturated rings. The molecule has 2 aromatic rings. The van der Waals surface area contributed by atoms with E-state index in [1.54, 1.807) is 23.7 Å². The molecule has 1 aliphatic heterocycles. The molecule has 0 aliphatic carbocycles. The lowest BCUT2D eigenvalue weighted by Crippen LogP contribution is -2.45. The summed E-state index contributed by atoms with van der Waals surface area (Å²) in [4.78, 5) is 24.8. The second kappa shape index (κ2) is 7.75. The number of anilines is 1. The molecule has 0 aromatic carbocycles.